The summed E-state index contributed by atoms with van der Waals surface area (Å²) < 4.78 is 93.2. The number of hydrogen-bond donors (Lipinski definition) is 0. The molecule has 0 fully saturated rings. The average Bonchev–Trinajstić information content (AvgIpc) is 2.96. The van der Waals surface area contributed by atoms with Crippen LogP contribution in [0.5, 0.6) is 5.75 Å². The van der Waals surface area contributed by atoms with E-state index in [-0.39, 0.29) is 29.4 Å². The van der Waals surface area contributed by atoms with Crippen LogP contribution < -0.4 is 4.74 Å². The summed E-state index contributed by atoms with van der Waals surface area (Å²) >= 11 is 0. The molecule has 4 rings (SSSR count). The Balaban J connectivity index is 1.43. The van der Waals surface area contributed by atoms with E-state index in [9.17, 15) is 17.6 Å². The molecule has 1 aliphatic carbocycles. The number of hydrogen-bond acceptors (Lipinski definition) is 1. The maximum absolute atomic E-state index is 15.1. The third-order valence-corrected chi connectivity index (χ3v) is 7.46. The Bertz CT molecular complexity index is 1430. The fourth-order valence-electron chi connectivity index (χ4n) is 5.19. The molecule has 3 aromatic carbocycles. The lowest BCUT2D eigenvalue weighted by Crippen LogP contribution is -2.09. The lowest BCUT2D eigenvalue weighted by atomic mass is 9.83. The van der Waals surface area contributed by atoms with E-state index in [0.717, 1.165) is 6.07 Å². The van der Waals surface area contributed by atoms with Crippen LogP contribution in [-0.2, 0) is 12.8 Å². The van der Waals surface area contributed by atoms with E-state index in [1.165, 1.54) is 18.2 Å². The Morgan fingerprint density at radius 2 is 1.35 bits per heavy atom. The highest BCUT2D eigenvalue weighted by atomic mass is 19.2. The minimum absolute atomic E-state index is 0.0770. The smallest absolute Gasteiger partial charge is 0.201 e. The minimum atomic E-state index is -1.31. The molecular formula is C33H32F6O. The van der Waals surface area contributed by atoms with E-state index in [1.54, 1.807) is 19.1 Å². The normalized spacial score (nSPS) is 15.5. The predicted octanol–water partition coefficient (Wildman–Crippen LogP) is 9.91. The van der Waals surface area contributed by atoms with Gasteiger partial charge in [-0.2, -0.15) is 4.39 Å². The van der Waals surface area contributed by atoms with Crippen LogP contribution in [0.1, 0.15) is 62.6 Å². The number of rotatable bonds is 10. The average molecular weight is 559 g/mol. The Labute approximate surface area is 231 Å². The highest BCUT2D eigenvalue weighted by Gasteiger charge is 2.24. The third-order valence-electron chi connectivity index (χ3n) is 7.46. The fraction of sp³-hybridized carbons (Fsp3) is 0.333. The molecule has 7 heteroatoms. The zero-order chi connectivity index (χ0) is 28.8. The first-order chi connectivity index (χ1) is 19.3. The van der Waals surface area contributed by atoms with Crippen molar-refractivity contribution in [3.05, 3.63) is 106 Å². The van der Waals surface area contributed by atoms with E-state index in [2.05, 4.69) is 0 Å². The van der Waals surface area contributed by atoms with Crippen molar-refractivity contribution in [2.45, 2.75) is 58.8 Å². The molecular weight excluding hydrogens is 526 g/mol. The monoisotopic (exact) mass is 558 g/mol. The van der Waals surface area contributed by atoms with Crippen molar-refractivity contribution in [3.63, 3.8) is 0 Å². The van der Waals surface area contributed by atoms with Gasteiger partial charge in [-0.25, -0.2) is 22.0 Å². The van der Waals surface area contributed by atoms with E-state index in [1.807, 2.05) is 25.2 Å². The summed E-state index contributed by atoms with van der Waals surface area (Å²) in [5.74, 6) is -6.64. The maximum Gasteiger partial charge on any atom is 0.201 e. The van der Waals surface area contributed by atoms with Crippen molar-refractivity contribution in [1.82, 2.24) is 0 Å². The Hall–Kier alpha value is -3.48. The molecule has 40 heavy (non-hydrogen) atoms. The maximum atomic E-state index is 15.1. The minimum Gasteiger partial charge on any atom is -0.491 e. The first-order valence-electron chi connectivity index (χ1n) is 13.6. The largest absolute Gasteiger partial charge is 0.491 e. The van der Waals surface area contributed by atoms with Gasteiger partial charge in [0.05, 0.1) is 6.61 Å². The molecule has 0 spiro atoms. The molecule has 0 radical (unpaired) electrons. The molecule has 0 aromatic heterocycles. The summed E-state index contributed by atoms with van der Waals surface area (Å²) in [5, 5.41) is 0. The van der Waals surface area contributed by atoms with Crippen molar-refractivity contribution >= 4 is 5.57 Å². The summed E-state index contributed by atoms with van der Waals surface area (Å²) in [6, 6.07) is 8.27. The van der Waals surface area contributed by atoms with Crippen LogP contribution in [0.4, 0.5) is 26.3 Å². The Morgan fingerprint density at radius 3 is 1.98 bits per heavy atom. The van der Waals surface area contributed by atoms with Crippen LogP contribution in [0.2, 0.25) is 0 Å². The first-order valence-corrected chi connectivity index (χ1v) is 13.6. The van der Waals surface area contributed by atoms with Crippen LogP contribution in [0.25, 0.3) is 16.7 Å². The van der Waals surface area contributed by atoms with E-state index < -0.39 is 40.5 Å². The summed E-state index contributed by atoms with van der Waals surface area (Å²) in [4.78, 5) is 0. The zero-order valence-electron chi connectivity index (χ0n) is 22.6. The molecule has 3 aromatic rings. The molecule has 0 N–H and O–H groups in total. The lowest BCUT2D eigenvalue weighted by molar-refractivity contribution is 0.314. The van der Waals surface area contributed by atoms with Crippen molar-refractivity contribution < 1.29 is 31.1 Å². The van der Waals surface area contributed by atoms with E-state index in [4.69, 9.17) is 4.74 Å². The predicted molar refractivity (Wildman–Crippen MR) is 146 cm³/mol. The van der Waals surface area contributed by atoms with Crippen molar-refractivity contribution in [2.75, 3.05) is 6.61 Å². The summed E-state index contributed by atoms with van der Waals surface area (Å²) in [6.07, 6.45) is 9.47. The molecule has 0 bridgehead atoms. The quantitative estimate of drug-likeness (QED) is 0.178. The van der Waals surface area contributed by atoms with Gasteiger partial charge < -0.3 is 4.74 Å². The molecule has 0 saturated carbocycles. The second-order valence-electron chi connectivity index (χ2n) is 9.99. The Kier molecular flexibility index (Phi) is 9.77. The highest BCUT2D eigenvalue weighted by molar-refractivity contribution is 5.72. The number of aryl methyl sites for hydroxylation is 2. The number of ether oxygens (including phenoxy) is 1. The van der Waals surface area contributed by atoms with E-state index in [0.29, 0.717) is 61.6 Å². The van der Waals surface area contributed by atoms with Gasteiger partial charge in [0, 0.05) is 16.7 Å². The van der Waals surface area contributed by atoms with Crippen molar-refractivity contribution in [1.29, 1.82) is 0 Å². The second-order valence-corrected chi connectivity index (χ2v) is 9.99. The van der Waals surface area contributed by atoms with Crippen molar-refractivity contribution in [3.8, 4) is 16.9 Å². The van der Waals surface area contributed by atoms with Gasteiger partial charge in [-0.1, -0.05) is 42.5 Å². The molecule has 1 nitrogen and oxygen atoms in total. The van der Waals surface area contributed by atoms with Gasteiger partial charge >= 0.3 is 0 Å². The van der Waals surface area contributed by atoms with Crippen LogP contribution >= 0.6 is 0 Å². The van der Waals surface area contributed by atoms with Gasteiger partial charge in [0.2, 0.25) is 5.82 Å². The van der Waals surface area contributed by atoms with Gasteiger partial charge in [0.15, 0.2) is 34.8 Å². The molecule has 1 atom stereocenters. The van der Waals surface area contributed by atoms with Gasteiger partial charge in [-0.05, 0) is 93.5 Å². The fourth-order valence-corrected chi connectivity index (χ4v) is 5.19. The second kappa shape index (κ2) is 13.2. The first kappa shape index (κ1) is 29.5. The molecule has 1 aliphatic rings. The van der Waals surface area contributed by atoms with Crippen LogP contribution in [0.15, 0.2) is 54.6 Å². The van der Waals surface area contributed by atoms with Crippen LogP contribution in [0.3, 0.4) is 0 Å². The molecule has 212 valence electrons. The third kappa shape index (κ3) is 6.29. The molecule has 0 heterocycles. The molecule has 1 unspecified atom stereocenters. The molecule has 0 amide bonds. The van der Waals surface area contributed by atoms with Crippen LogP contribution in [0, 0.1) is 40.8 Å². The lowest BCUT2D eigenvalue weighted by Gasteiger charge is -2.23. The number of allylic oxidation sites excluding steroid dienone is 4. The van der Waals surface area contributed by atoms with Gasteiger partial charge in [0.1, 0.15) is 0 Å². The zero-order valence-corrected chi connectivity index (χ0v) is 22.6. The number of benzene rings is 3. The standard InChI is InChI=1S/C33H32F6O/c1-3-5-6-7-22-14-15-23(29(35)28(22)34)13-10-20-8-11-21(12-9-20)24-16-17-25(31(37)30(24)36)26-18-19-27(40-4-2)33(39)32(26)38/h3,5,11,14-20H,4,6-10,12-13H2,1-2H3. The topological polar surface area (TPSA) is 9.23 Å². The summed E-state index contributed by atoms with van der Waals surface area (Å²) in [6.45, 7) is 3.63. The highest BCUT2D eigenvalue weighted by Crippen LogP contribution is 2.38. The summed E-state index contributed by atoms with van der Waals surface area (Å²) in [7, 11) is 0. The summed E-state index contributed by atoms with van der Waals surface area (Å²) in [5.41, 5.74) is 0.630. The van der Waals surface area contributed by atoms with Gasteiger partial charge in [-0.15, -0.1) is 0 Å². The SMILES string of the molecule is CC=CCCc1ccc(CCC2CC=C(c3ccc(-c4ccc(OCC)c(F)c4F)c(F)c3F)CC2)c(F)c1F. The van der Waals surface area contributed by atoms with Gasteiger partial charge in [-0.3, -0.25) is 0 Å². The van der Waals surface area contributed by atoms with Crippen molar-refractivity contribution in [2.24, 2.45) is 5.92 Å². The van der Waals surface area contributed by atoms with Crippen LogP contribution in [-0.4, -0.2) is 6.61 Å². The molecule has 0 aliphatic heterocycles. The van der Waals surface area contributed by atoms with Gasteiger partial charge in [0.25, 0.3) is 0 Å². The number of halogens is 6. The molecule has 0 saturated heterocycles. The Morgan fingerprint density at radius 1 is 0.750 bits per heavy atom. The van der Waals surface area contributed by atoms with E-state index >= 15 is 8.78 Å².